The third-order valence-electron chi connectivity index (χ3n) is 5.28. The topological polar surface area (TPSA) is 61.9 Å². The van der Waals surface area contributed by atoms with Gasteiger partial charge in [-0.3, -0.25) is 14.9 Å². The molecule has 1 aliphatic rings. The third-order valence-corrected chi connectivity index (χ3v) is 5.88. The molecule has 0 aliphatic carbocycles. The summed E-state index contributed by atoms with van der Waals surface area (Å²) in [5, 5.41) is 8.67. The number of amides is 1. The van der Waals surface area contributed by atoms with Crippen LogP contribution >= 0.6 is 23.2 Å². The number of nitrogens with zero attached hydrogens (tertiary/aromatic N) is 3. The summed E-state index contributed by atoms with van der Waals surface area (Å²) in [6.45, 7) is 0.430. The van der Waals surface area contributed by atoms with Crippen molar-refractivity contribution in [2.45, 2.75) is 12.6 Å². The Hall–Kier alpha value is -3.15. The number of fused-ring (bicyclic) bond motifs is 1. The van der Waals surface area contributed by atoms with Gasteiger partial charge in [-0.05, 0) is 41.5 Å². The van der Waals surface area contributed by atoms with E-state index >= 15 is 0 Å². The van der Waals surface area contributed by atoms with Gasteiger partial charge in [0.1, 0.15) is 5.69 Å². The first-order valence-corrected chi connectivity index (χ1v) is 10.2. The Morgan fingerprint density at radius 1 is 0.967 bits per heavy atom. The molecule has 4 aromatic rings. The first kappa shape index (κ1) is 18.9. The van der Waals surface area contributed by atoms with Gasteiger partial charge in [-0.1, -0.05) is 53.5 Å². The van der Waals surface area contributed by atoms with Crippen LogP contribution in [0.3, 0.4) is 0 Å². The summed E-state index contributed by atoms with van der Waals surface area (Å²) in [5.74, 6) is -0.112. The fourth-order valence-electron chi connectivity index (χ4n) is 3.89. The van der Waals surface area contributed by atoms with Crippen molar-refractivity contribution in [1.82, 2.24) is 20.1 Å². The molecule has 2 aromatic carbocycles. The quantitative estimate of drug-likeness (QED) is 0.459. The first-order valence-electron chi connectivity index (χ1n) is 9.42. The maximum atomic E-state index is 13.4. The Kier molecular flexibility index (Phi) is 4.77. The van der Waals surface area contributed by atoms with Crippen LogP contribution in [-0.4, -0.2) is 26.0 Å². The van der Waals surface area contributed by atoms with E-state index in [0.29, 0.717) is 22.3 Å². The zero-order chi connectivity index (χ0) is 20.7. The predicted octanol–water partition coefficient (Wildman–Crippen LogP) is 5.52. The highest BCUT2D eigenvalue weighted by molar-refractivity contribution is 6.31. The number of hydrogen-bond donors (Lipinski definition) is 1. The maximum Gasteiger partial charge on any atom is 0.273 e. The van der Waals surface area contributed by atoms with E-state index in [4.69, 9.17) is 23.2 Å². The summed E-state index contributed by atoms with van der Waals surface area (Å²) in [4.78, 5) is 19.3. The standard InChI is InChI=1S/C23H16Cl2N4O/c24-16-7-5-15(6-8-16)20-19-21(28-27-20)23(30)29(13-14-9-11-26-12-10-14)22(19)17-3-1-2-4-18(17)25/h1-12,22H,13H2,(H,27,28). The number of aromatic amines is 1. The number of carbonyl (C=O) groups is 1. The molecule has 1 atom stereocenters. The second-order valence-electron chi connectivity index (χ2n) is 7.08. The highest BCUT2D eigenvalue weighted by Crippen LogP contribution is 2.45. The molecule has 0 bridgehead atoms. The number of pyridine rings is 1. The minimum absolute atomic E-state index is 0.112. The molecule has 0 saturated carbocycles. The zero-order valence-electron chi connectivity index (χ0n) is 15.7. The van der Waals surface area contributed by atoms with E-state index in [9.17, 15) is 4.79 Å². The number of aromatic nitrogens is 3. The lowest BCUT2D eigenvalue weighted by molar-refractivity contribution is 0.0730. The Morgan fingerprint density at radius 3 is 2.43 bits per heavy atom. The minimum Gasteiger partial charge on any atom is -0.322 e. The van der Waals surface area contributed by atoms with Crippen molar-refractivity contribution in [1.29, 1.82) is 0 Å². The third kappa shape index (κ3) is 3.16. The van der Waals surface area contributed by atoms with E-state index in [1.54, 1.807) is 12.4 Å². The molecular formula is C23H16Cl2N4O. The van der Waals surface area contributed by atoms with Crippen LogP contribution in [0, 0.1) is 0 Å². The molecule has 1 N–H and O–H groups in total. The lowest BCUT2D eigenvalue weighted by atomic mass is 9.96. The van der Waals surface area contributed by atoms with E-state index in [-0.39, 0.29) is 11.9 Å². The number of nitrogens with one attached hydrogen (secondary N) is 1. The van der Waals surface area contributed by atoms with E-state index in [2.05, 4.69) is 15.2 Å². The molecule has 7 heteroatoms. The van der Waals surface area contributed by atoms with Crippen molar-refractivity contribution in [2.24, 2.45) is 0 Å². The fraction of sp³-hybridized carbons (Fsp3) is 0.0870. The highest BCUT2D eigenvalue weighted by atomic mass is 35.5. The monoisotopic (exact) mass is 434 g/mol. The molecule has 30 heavy (non-hydrogen) atoms. The van der Waals surface area contributed by atoms with Crippen molar-refractivity contribution in [3.05, 3.63) is 105 Å². The van der Waals surface area contributed by atoms with Crippen LogP contribution in [0.2, 0.25) is 10.0 Å². The van der Waals surface area contributed by atoms with Crippen LogP contribution < -0.4 is 0 Å². The van der Waals surface area contributed by atoms with Gasteiger partial charge < -0.3 is 4.90 Å². The molecule has 1 amide bonds. The van der Waals surface area contributed by atoms with Crippen LogP contribution in [-0.2, 0) is 6.54 Å². The van der Waals surface area contributed by atoms with Gasteiger partial charge in [-0.2, -0.15) is 5.10 Å². The molecule has 1 unspecified atom stereocenters. The fourth-order valence-corrected chi connectivity index (χ4v) is 4.26. The normalized spacial score (nSPS) is 15.5. The predicted molar refractivity (Wildman–Crippen MR) is 116 cm³/mol. The van der Waals surface area contributed by atoms with E-state index in [0.717, 1.165) is 27.9 Å². The molecule has 2 aromatic heterocycles. The molecule has 0 radical (unpaired) electrons. The lowest BCUT2D eigenvalue weighted by Gasteiger charge is -2.27. The van der Waals surface area contributed by atoms with E-state index in [1.165, 1.54) is 0 Å². The number of carbonyl (C=O) groups excluding carboxylic acids is 1. The largest absolute Gasteiger partial charge is 0.322 e. The maximum absolute atomic E-state index is 13.4. The van der Waals surface area contributed by atoms with Gasteiger partial charge in [0.25, 0.3) is 5.91 Å². The number of halogens is 2. The molecule has 148 valence electrons. The van der Waals surface area contributed by atoms with E-state index < -0.39 is 0 Å². The molecule has 0 saturated heterocycles. The number of H-pyrrole nitrogens is 1. The van der Waals surface area contributed by atoms with Gasteiger partial charge in [0, 0.05) is 40.1 Å². The van der Waals surface area contributed by atoms with Crippen molar-refractivity contribution in [3.8, 4) is 11.3 Å². The summed E-state index contributed by atoms with van der Waals surface area (Å²) < 4.78 is 0. The Morgan fingerprint density at radius 2 is 1.70 bits per heavy atom. The summed E-state index contributed by atoms with van der Waals surface area (Å²) in [7, 11) is 0. The van der Waals surface area contributed by atoms with Crippen LogP contribution in [0.4, 0.5) is 0 Å². The molecule has 5 nitrogen and oxygen atoms in total. The average molecular weight is 435 g/mol. The molecular weight excluding hydrogens is 419 g/mol. The van der Waals surface area contributed by atoms with Crippen LogP contribution in [0.15, 0.2) is 73.1 Å². The lowest BCUT2D eigenvalue weighted by Crippen LogP contribution is -2.29. The Labute approximate surface area is 183 Å². The van der Waals surface area contributed by atoms with E-state index in [1.807, 2.05) is 65.6 Å². The molecule has 3 heterocycles. The molecule has 0 fully saturated rings. The smallest absolute Gasteiger partial charge is 0.273 e. The Balaban J connectivity index is 1.67. The highest BCUT2D eigenvalue weighted by Gasteiger charge is 2.42. The van der Waals surface area contributed by atoms with Crippen molar-refractivity contribution in [2.75, 3.05) is 0 Å². The second kappa shape index (κ2) is 7.59. The first-order chi connectivity index (χ1) is 14.6. The Bertz CT molecular complexity index is 1220. The average Bonchev–Trinajstić information content (AvgIpc) is 3.30. The molecule has 1 aliphatic heterocycles. The van der Waals surface area contributed by atoms with Gasteiger partial charge >= 0.3 is 0 Å². The second-order valence-corrected chi connectivity index (χ2v) is 7.92. The van der Waals surface area contributed by atoms with Crippen molar-refractivity contribution >= 4 is 29.1 Å². The van der Waals surface area contributed by atoms with Crippen molar-refractivity contribution < 1.29 is 4.79 Å². The summed E-state index contributed by atoms with van der Waals surface area (Å²) in [6, 6.07) is 18.5. The number of rotatable bonds is 4. The zero-order valence-corrected chi connectivity index (χ0v) is 17.2. The van der Waals surface area contributed by atoms with Crippen LogP contribution in [0.25, 0.3) is 11.3 Å². The van der Waals surface area contributed by atoms with Crippen molar-refractivity contribution in [3.63, 3.8) is 0 Å². The summed E-state index contributed by atoms with van der Waals surface area (Å²) >= 11 is 12.6. The van der Waals surface area contributed by atoms with Gasteiger partial charge in [-0.25, -0.2) is 0 Å². The van der Waals surface area contributed by atoms with Crippen LogP contribution in [0.5, 0.6) is 0 Å². The van der Waals surface area contributed by atoms with Gasteiger partial charge in [0.15, 0.2) is 0 Å². The molecule has 5 rings (SSSR count). The minimum atomic E-state index is -0.362. The van der Waals surface area contributed by atoms with Gasteiger partial charge in [-0.15, -0.1) is 0 Å². The molecule has 0 spiro atoms. The van der Waals surface area contributed by atoms with Gasteiger partial charge in [0.05, 0.1) is 11.7 Å². The summed E-state index contributed by atoms with van der Waals surface area (Å²) in [5.41, 5.74) is 4.76. The number of benzene rings is 2. The summed E-state index contributed by atoms with van der Waals surface area (Å²) in [6.07, 6.45) is 3.45. The van der Waals surface area contributed by atoms with Crippen LogP contribution in [0.1, 0.15) is 33.2 Å². The van der Waals surface area contributed by atoms with Gasteiger partial charge in [0.2, 0.25) is 0 Å². The SMILES string of the molecule is O=C1c2[nH]nc(-c3ccc(Cl)cc3)c2C(c2ccccc2Cl)N1Cc1ccncc1. The number of hydrogen-bond acceptors (Lipinski definition) is 3.